The van der Waals surface area contributed by atoms with Crippen molar-refractivity contribution in [1.82, 2.24) is 9.78 Å². The van der Waals surface area contributed by atoms with Gasteiger partial charge in [0.25, 0.3) is 0 Å². The highest BCUT2D eigenvalue weighted by atomic mass is 79.9. The Hall–Kier alpha value is -0.333. The van der Waals surface area contributed by atoms with E-state index >= 15 is 0 Å². The van der Waals surface area contributed by atoms with Crippen LogP contribution >= 0.6 is 15.9 Å². The number of aromatic nitrogens is 2. The molecule has 0 aromatic carbocycles. The summed E-state index contributed by atoms with van der Waals surface area (Å²) in [4.78, 5) is 0. The molecule has 0 saturated carbocycles. The molecule has 1 aromatic heterocycles. The average Bonchev–Trinajstić information content (AvgIpc) is 2.59. The van der Waals surface area contributed by atoms with Crippen molar-refractivity contribution >= 4 is 24.2 Å². The third kappa shape index (κ3) is 4.60. The predicted octanol–water partition coefficient (Wildman–Crippen LogP) is 4.36. The van der Waals surface area contributed by atoms with Gasteiger partial charge in [-0.05, 0) is 41.0 Å². The first-order valence-electron chi connectivity index (χ1n) is 7.02. The molecule has 0 radical (unpaired) electrons. The molecule has 0 bridgehead atoms. The normalized spacial score (nSPS) is 14.4. The molecule has 0 spiro atoms. The first-order valence-corrected chi connectivity index (χ1v) is 10.7. The van der Waals surface area contributed by atoms with Crippen molar-refractivity contribution in [2.45, 2.75) is 58.4 Å². The summed E-state index contributed by atoms with van der Waals surface area (Å²) in [7, 11) is 0.219. The lowest BCUT2D eigenvalue weighted by Crippen LogP contribution is -2.41. The predicted molar refractivity (Wildman–Crippen MR) is 88.8 cm³/mol. The molecule has 1 atom stereocenters. The van der Waals surface area contributed by atoms with Gasteiger partial charge >= 0.3 is 0 Å². The van der Waals surface area contributed by atoms with Crippen molar-refractivity contribution in [1.29, 1.82) is 0 Å². The SMILES string of the molecule is C[C@H](CCO[Si](C)(C)C(C)(C)C)Oc1c(Br)cnn1C. The van der Waals surface area contributed by atoms with Crippen LogP contribution in [0.25, 0.3) is 0 Å². The summed E-state index contributed by atoms with van der Waals surface area (Å²) in [5.41, 5.74) is 0. The lowest BCUT2D eigenvalue weighted by molar-refractivity contribution is 0.158. The molecule has 116 valence electrons. The number of hydrogen-bond acceptors (Lipinski definition) is 3. The molecule has 0 amide bonds. The molecule has 0 N–H and O–H groups in total. The maximum absolute atomic E-state index is 6.17. The van der Waals surface area contributed by atoms with E-state index in [1.807, 2.05) is 7.05 Å². The smallest absolute Gasteiger partial charge is 0.226 e. The average molecular weight is 363 g/mol. The number of nitrogens with zero attached hydrogens (tertiary/aromatic N) is 2. The van der Waals surface area contributed by atoms with E-state index in [4.69, 9.17) is 9.16 Å². The molecule has 0 unspecified atom stereocenters. The van der Waals surface area contributed by atoms with Crippen LogP contribution in [0.2, 0.25) is 18.1 Å². The molecule has 0 aliphatic carbocycles. The van der Waals surface area contributed by atoms with Gasteiger partial charge in [0.05, 0.1) is 16.8 Å². The van der Waals surface area contributed by atoms with Crippen molar-refractivity contribution in [2.24, 2.45) is 7.05 Å². The standard InChI is InChI=1S/C14H27BrN2O2Si/c1-11(19-13-12(15)10-16-17(13)5)8-9-18-20(6,7)14(2,3)4/h10-11H,8-9H2,1-7H3/t11-/m1/s1. The van der Waals surface area contributed by atoms with Crippen LogP contribution in [0.1, 0.15) is 34.1 Å². The van der Waals surface area contributed by atoms with Crippen molar-refractivity contribution in [2.75, 3.05) is 6.61 Å². The van der Waals surface area contributed by atoms with Gasteiger partial charge in [-0.2, -0.15) is 5.10 Å². The fraction of sp³-hybridized carbons (Fsp3) is 0.786. The Morgan fingerprint density at radius 1 is 1.40 bits per heavy atom. The van der Waals surface area contributed by atoms with E-state index in [1.165, 1.54) is 0 Å². The van der Waals surface area contributed by atoms with E-state index < -0.39 is 8.32 Å². The van der Waals surface area contributed by atoms with Gasteiger partial charge in [0, 0.05) is 20.1 Å². The first-order chi connectivity index (χ1) is 9.04. The van der Waals surface area contributed by atoms with Crippen LogP contribution in [-0.4, -0.2) is 30.8 Å². The zero-order valence-electron chi connectivity index (χ0n) is 13.7. The lowest BCUT2D eigenvalue weighted by atomic mass is 10.2. The van der Waals surface area contributed by atoms with Crippen LogP contribution in [0.5, 0.6) is 5.88 Å². The van der Waals surface area contributed by atoms with E-state index in [0.717, 1.165) is 23.4 Å². The molecule has 1 aromatic rings. The van der Waals surface area contributed by atoms with Gasteiger partial charge in [0.1, 0.15) is 0 Å². The van der Waals surface area contributed by atoms with Crippen molar-refractivity contribution in [3.05, 3.63) is 10.7 Å². The Labute approximate surface area is 132 Å². The summed E-state index contributed by atoms with van der Waals surface area (Å²) in [5, 5.41) is 4.39. The molecule has 0 saturated heterocycles. The Balaban J connectivity index is 2.43. The summed E-state index contributed by atoms with van der Waals surface area (Å²) in [6.45, 7) is 14.1. The van der Waals surface area contributed by atoms with Gasteiger partial charge in [-0.1, -0.05) is 20.8 Å². The van der Waals surface area contributed by atoms with Gasteiger partial charge in [0.2, 0.25) is 5.88 Å². The van der Waals surface area contributed by atoms with Crippen LogP contribution < -0.4 is 4.74 Å². The fourth-order valence-electron chi connectivity index (χ4n) is 1.48. The van der Waals surface area contributed by atoms with Crippen molar-refractivity contribution in [3.63, 3.8) is 0 Å². The Morgan fingerprint density at radius 2 is 2.00 bits per heavy atom. The third-order valence-electron chi connectivity index (χ3n) is 3.95. The zero-order chi connectivity index (χ0) is 15.6. The summed E-state index contributed by atoms with van der Waals surface area (Å²) in [5.74, 6) is 0.768. The van der Waals surface area contributed by atoms with Crippen LogP contribution in [0, 0.1) is 0 Å². The zero-order valence-corrected chi connectivity index (χ0v) is 16.2. The highest BCUT2D eigenvalue weighted by Gasteiger charge is 2.36. The molecule has 4 nitrogen and oxygen atoms in total. The Bertz CT molecular complexity index is 421. The maximum atomic E-state index is 6.17. The van der Waals surface area contributed by atoms with Crippen LogP contribution in [0.3, 0.4) is 0 Å². The van der Waals surface area contributed by atoms with E-state index in [9.17, 15) is 0 Å². The quantitative estimate of drug-likeness (QED) is 0.705. The van der Waals surface area contributed by atoms with Gasteiger partial charge < -0.3 is 9.16 Å². The van der Waals surface area contributed by atoms with E-state index in [1.54, 1.807) is 10.9 Å². The minimum atomic E-state index is -1.65. The summed E-state index contributed by atoms with van der Waals surface area (Å²) in [6, 6.07) is 0. The van der Waals surface area contributed by atoms with Gasteiger partial charge in [-0.25, -0.2) is 4.68 Å². The molecule has 0 aliphatic heterocycles. The summed E-state index contributed by atoms with van der Waals surface area (Å²) >= 11 is 3.44. The van der Waals surface area contributed by atoms with Gasteiger partial charge in [-0.3, -0.25) is 0 Å². The minimum absolute atomic E-state index is 0.103. The van der Waals surface area contributed by atoms with E-state index in [2.05, 4.69) is 61.8 Å². The highest BCUT2D eigenvalue weighted by Crippen LogP contribution is 2.36. The molecule has 0 fully saturated rings. The summed E-state index contributed by atoms with van der Waals surface area (Å²) < 4.78 is 14.7. The first kappa shape index (κ1) is 17.7. The highest BCUT2D eigenvalue weighted by molar-refractivity contribution is 9.10. The molecule has 20 heavy (non-hydrogen) atoms. The van der Waals surface area contributed by atoms with Gasteiger partial charge in [-0.15, -0.1) is 0 Å². The monoisotopic (exact) mass is 362 g/mol. The Kier molecular flexibility index (Phi) is 5.86. The maximum Gasteiger partial charge on any atom is 0.226 e. The number of aryl methyl sites for hydroxylation is 1. The largest absolute Gasteiger partial charge is 0.474 e. The number of ether oxygens (including phenoxy) is 1. The second-order valence-corrected chi connectivity index (χ2v) is 12.4. The topological polar surface area (TPSA) is 36.3 Å². The van der Waals surface area contributed by atoms with Crippen molar-refractivity contribution < 1.29 is 9.16 Å². The molecule has 1 heterocycles. The molecule has 1 rings (SSSR count). The van der Waals surface area contributed by atoms with E-state index in [0.29, 0.717) is 0 Å². The second-order valence-electron chi connectivity index (χ2n) is 6.75. The number of hydrogen-bond donors (Lipinski definition) is 0. The molecule has 6 heteroatoms. The van der Waals surface area contributed by atoms with Gasteiger partial charge in [0.15, 0.2) is 8.32 Å². The van der Waals surface area contributed by atoms with E-state index in [-0.39, 0.29) is 11.1 Å². The minimum Gasteiger partial charge on any atom is -0.474 e. The second kappa shape index (κ2) is 6.62. The third-order valence-corrected chi connectivity index (χ3v) is 9.03. The lowest BCUT2D eigenvalue weighted by Gasteiger charge is -2.36. The number of halogens is 1. The fourth-order valence-corrected chi connectivity index (χ4v) is 2.98. The van der Waals surface area contributed by atoms with Crippen molar-refractivity contribution in [3.8, 4) is 5.88 Å². The Morgan fingerprint density at radius 3 is 2.45 bits per heavy atom. The number of rotatable bonds is 6. The van der Waals surface area contributed by atoms with Crippen LogP contribution in [0.15, 0.2) is 10.7 Å². The summed E-state index contributed by atoms with van der Waals surface area (Å²) in [6.07, 6.45) is 2.73. The molecular weight excluding hydrogens is 336 g/mol. The molecular formula is C14H27BrN2O2Si. The van der Waals surface area contributed by atoms with Crippen LogP contribution in [0.4, 0.5) is 0 Å². The van der Waals surface area contributed by atoms with Crippen LogP contribution in [-0.2, 0) is 11.5 Å². The molecule has 0 aliphatic rings.